The topological polar surface area (TPSA) is 35.2 Å². The molecule has 0 saturated heterocycles. The maximum Gasteiger partial charge on any atom is 0.133 e. The lowest BCUT2D eigenvalue weighted by Crippen LogP contribution is -2.19. The fourth-order valence-electron chi connectivity index (χ4n) is 2.48. The van der Waals surface area contributed by atoms with Crippen molar-refractivity contribution in [3.05, 3.63) is 28.2 Å². The number of hydrogen-bond donors (Lipinski definition) is 1. The molecule has 1 saturated carbocycles. The summed E-state index contributed by atoms with van der Waals surface area (Å²) in [6.07, 6.45) is 5.20. The normalized spacial score (nSPS) is 18.7. The molecule has 1 aromatic carbocycles. The van der Waals surface area contributed by atoms with E-state index < -0.39 is 0 Å². The lowest BCUT2D eigenvalue weighted by molar-refractivity contribution is 0.410. The van der Waals surface area contributed by atoms with Gasteiger partial charge in [-0.2, -0.15) is 0 Å². The summed E-state index contributed by atoms with van der Waals surface area (Å²) in [7, 11) is 1.68. The van der Waals surface area contributed by atoms with Gasteiger partial charge in [0.15, 0.2) is 0 Å². The molecule has 2 rings (SSSR count). The number of methoxy groups -OCH3 is 1. The van der Waals surface area contributed by atoms with Gasteiger partial charge in [-0.3, -0.25) is 0 Å². The summed E-state index contributed by atoms with van der Waals surface area (Å²) in [5.41, 5.74) is 7.51. The van der Waals surface area contributed by atoms with Crippen LogP contribution >= 0.6 is 15.9 Å². The number of rotatable bonds is 3. The van der Waals surface area contributed by atoms with Crippen molar-refractivity contribution in [1.29, 1.82) is 0 Å². The van der Waals surface area contributed by atoms with Crippen molar-refractivity contribution in [2.75, 3.05) is 7.11 Å². The minimum atomic E-state index is 0.171. The molecule has 2 nitrogen and oxygen atoms in total. The molecule has 2 N–H and O–H groups in total. The van der Waals surface area contributed by atoms with Crippen LogP contribution in [0.25, 0.3) is 0 Å². The summed E-state index contributed by atoms with van der Waals surface area (Å²) in [5.74, 6) is 1.52. The number of ether oxygens (including phenoxy) is 1. The van der Waals surface area contributed by atoms with Gasteiger partial charge in [-0.05, 0) is 52.4 Å². The average Bonchev–Trinajstić information content (AvgIpc) is 2.81. The molecular formula is C13H18BrNO. The molecule has 0 radical (unpaired) electrons. The van der Waals surface area contributed by atoms with Crippen LogP contribution in [0.15, 0.2) is 22.7 Å². The first-order chi connectivity index (χ1) is 7.72. The van der Waals surface area contributed by atoms with E-state index in [-0.39, 0.29) is 6.04 Å². The van der Waals surface area contributed by atoms with Gasteiger partial charge in [-0.15, -0.1) is 0 Å². The predicted octanol–water partition coefficient (Wildman–Crippen LogP) is 3.65. The molecule has 1 atom stereocenters. The zero-order chi connectivity index (χ0) is 11.5. The Labute approximate surface area is 105 Å². The Morgan fingerprint density at radius 2 is 2.06 bits per heavy atom. The van der Waals surface area contributed by atoms with E-state index >= 15 is 0 Å². The molecule has 3 heteroatoms. The van der Waals surface area contributed by atoms with Crippen molar-refractivity contribution in [3.63, 3.8) is 0 Å². The molecule has 0 amide bonds. The monoisotopic (exact) mass is 283 g/mol. The Kier molecular flexibility index (Phi) is 3.87. The first-order valence-corrected chi connectivity index (χ1v) is 6.60. The van der Waals surface area contributed by atoms with Crippen molar-refractivity contribution in [3.8, 4) is 5.75 Å². The van der Waals surface area contributed by atoms with Crippen molar-refractivity contribution in [1.82, 2.24) is 0 Å². The number of hydrogen-bond acceptors (Lipinski definition) is 2. The second-order valence-electron chi connectivity index (χ2n) is 4.46. The largest absolute Gasteiger partial charge is 0.496 e. The second-order valence-corrected chi connectivity index (χ2v) is 5.32. The molecule has 0 heterocycles. The highest BCUT2D eigenvalue weighted by Crippen LogP contribution is 2.36. The summed E-state index contributed by atoms with van der Waals surface area (Å²) in [6, 6.07) is 6.31. The molecule has 16 heavy (non-hydrogen) atoms. The predicted molar refractivity (Wildman–Crippen MR) is 69.6 cm³/mol. The van der Waals surface area contributed by atoms with Gasteiger partial charge in [0.2, 0.25) is 0 Å². The molecule has 88 valence electrons. The van der Waals surface area contributed by atoms with E-state index in [1.807, 2.05) is 6.07 Å². The molecule has 0 aliphatic heterocycles. The zero-order valence-corrected chi connectivity index (χ0v) is 11.2. The van der Waals surface area contributed by atoms with E-state index in [9.17, 15) is 0 Å². The SMILES string of the molecule is COc1ccc(C(N)C2CCCC2)cc1Br. The van der Waals surface area contributed by atoms with Gasteiger partial charge < -0.3 is 10.5 Å². The quantitative estimate of drug-likeness (QED) is 0.919. The van der Waals surface area contributed by atoms with E-state index in [0.29, 0.717) is 5.92 Å². The van der Waals surface area contributed by atoms with Crippen LogP contribution in [0, 0.1) is 5.92 Å². The number of benzene rings is 1. The summed E-state index contributed by atoms with van der Waals surface area (Å²) >= 11 is 3.50. The Morgan fingerprint density at radius 3 is 2.62 bits per heavy atom. The third kappa shape index (κ3) is 2.41. The highest BCUT2D eigenvalue weighted by molar-refractivity contribution is 9.10. The smallest absolute Gasteiger partial charge is 0.133 e. The molecule has 0 spiro atoms. The Morgan fingerprint density at radius 1 is 1.38 bits per heavy atom. The third-order valence-electron chi connectivity index (χ3n) is 3.47. The summed E-state index contributed by atoms with van der Waals surface area (Å²) in [4.78, 5) is 0. The molecular weight excluding hydrogens is 266 g/mol. The van der Waals surface area contributed by atoms with Crippen LogP contribution in [-0.4, -0.2) is 7.11 Å². The molecule has 1 aliphatic rings. The maximum atomic E-state index is 6.30. The summed E-state index contributed by atoms with van der Waals surface area (Å²) in [6.45, 7) is 0. The van der Waals surface area contributed by atoms with Crippen LogP contribution < -0.4 is 10.5 Å². The van der Waals surface area contributed by atoms with Gasteiger partial charge in [0.05, 0.1) is 11.6 Å². The first kappa shape index (κ1) is 11.9. The van der Waals surface area contributed by atoms with E-state index in [0.717, 1.165) is 10.2 Å². The van der Waals surface area contributed by atoms with E-state index in [1.165, 1.54) is 31.2 Å². The van der Waals surface area contributed by atoms with Gasteiger partial charge >= 0.3 is 0 Å². The second kappa shape index (κ2) is 5.19. The van der Waals surface area contributed by atoms with Crippen LogP contribution in [-0.2, 0) is 0 Å². The highest BCUT2D eigenvalue weighted by atomic mass is 79.9. The van der Waals surface area contributed by atoms with Gasteiger partial charge in [0, 0.05) is 6.04 Å². The minimum Gasteiger partial charge on any atom is -0.496 e. The van der Waals surface area contributed by atoms with Crippen LogP contribution in [0.4, 0.5) is 0 Å². The van der Waals surface area contributed by atoms with Crippen LogP contribution in [0.1, 0.15) is 37.3 Å². The van der Waals surface area contributed by atoms with Crippen LogP contribution in [0.2, 0.25) is 0 Å². The van der Waals surface area contributed by atoms with E-state index in [1.54, 1.807) is 7.11 Å². The molecule has 0 bridgehead atoms. The van der Waals surface area contributed by atoms with E-state index in [4.69, 9.17) is 10.5 Å². The first-order valence-electron chi connectivity index (χ1n) is 5.81. The number of nitrogens with two attached hydrogens (primary N) is 1. The number of halogens is 1. The molecule has 1 unspecified atom stereocenters. The van der Waals surface area contributed by atoms with Crippen molar-refractivity contribution in [2.45, 2.75) is 31.7 Å². The third-order valence-corrected chi connectivity index (χ3v) is 4.09. The average molecular weight is 284 g/mol. The van der Waals surface area contributed by atoms with Crippen molar-refractivity contribution >= 4 is 15.9 Å². The minimum absolute atomic E-state index is 0.171. The van der Waals surface area contributed by atoms with Gasteiger partial charge in [-0.1, -0.05) is 18.9 Å². The van der Waals surface area contributed by atoms with Gasteiger partial charge in [-0.25, -0.2) is 0 Å². The molecule has 1 aliphatic carbocycles. The van der Waals surface area contributed by atoms with Gasteiger partial charge in [0.25, 0.3) is 0 Å². The van der Waals surface area contributed by atoms with Crippen molar-refractivity contribution < 1.29 is 4.74 Å². The molecule has 1 fully saturated rings. The Hall–Kier alpha value is -0.540. The van der Waals surface area contributed by atoms with Crippen LogP contribution in [0.5, 0.6) is 5.75 Å². The van der Waals surface area contributed by atoms with Crippen LogP contribution in [0.3, 0.4) is 0 Å². The lowest BCUT2D eigenvalue weighted by Gasteiger charge is -2.19. The lowest BCUT2D eigenvalue weighted by atomic mass is 9.92. The standard InChI is InChI=1S/C13H18BrNO/c1-16-12-7-6-10(8-11(12)14)13(15)9-4-2-3-5-9/h6-9,13H,2-5,15H2,1H3. The fraction of sp³-hybridized carbons (Fsp3) is 0.538. The summed E-state index contributed by atoms with van der Waals surface area (Å²) < 4.78 is 6.20. The maximum absolute atomic E-state index is 6.30. The molecule has 1 aromatic rings. The summed E-state index contributed by atoms with van der Waals surface area (Å²) in [5, 5.41) is 0. The molecule has 0 aromatic heterocycles. The van der Waals surface area contributed by atoms with E-state index in [2.05, 4.69) is 28.1 Å². The zero-order valence-electron chi connectivity index (χ0n) is 9.58. The Bertz CT molecular complexity index is 361. The highest BCUT2D eigenvalue weighted by Gasteiger charge is 2.23. The van der Waals surface area contributed by atoms with Crippen molar-refractivity contribution in [2.24, 2.45) is 11.7 Å². The Balaban J connectivity index is 2.16. The van der Waals surface area contributed by atoms with Gasteiger partial charge in [0.1, 0.15) is 5.75 Å². The fourth-order valence-corrected chi connectivity index (χ4v) is 3.04.